The topological polar surface area (TPSA) is 67.2 Å². The van der Waals surface area contributed by atoms with Crippen LogP contribution in [0.3, 0.4) is 0 Å². The molecular weight excluding hydrogens is 288 g/mol. The Labute approximate surface area is 126 Å². The van der Waals surface area contributed by atoms with Gasteiger partial charge in [0.2, 0.25) is 10.0 Å². The van der Waals surface area contributed by atoms with Gasteiger partial charge in [0.15, 0.2) is 0 Å². The monoisotopic (exact) mass is 312 g/mol. The third-order valence-corrected chi connectivity index (χ3v) is 5.24. The highest BCUT2D eigenvalue weighted by atomic mass is 32.2. The second-order valence-electron chi connectivity index (χ2n) is 5.64. The van der Waals surface area contributed by atoms with Crippen LogP contribution in [-0.2, 0) is 16.6 Å². The molecule has 1 fully saturated rings. The van der Waals surface area contributed by atoms with E-state index in [1.807, 2.05) is 0 Å². The Bertz CT molecular complexity index is 576. The molecule has 1 aromatic heterocycles. The fourth-order valence-corrected chi connectivity index (χ4v) is 3.75. The molecule has 0 saturated heterocycles. The lowest BCUT2D eigenvalue weighted by Gasteiger charge is -2.18. The van der Waals surface area contributed by atoms with Crippen molar-refractivity contribution < 1.29 is 8.42 Å². The van der Waals surface area contributed by atoms with E-state index in [0.717, 1.165) is 19.4 Å². The van der Waals surface area contributed by atoms with Crippen LogP contribution in [-0.4, -0.2) is 47.7 Å². The molecular formula is C14H24N4O2S. The summed E-state index contributed by atoms with van der Waals surface area (Å²) in [6.07, 6.45) is 6.53. The molecule has 21 heavy (non-hydrogen) atoms. The van der Waals surface area contributed by atoms with Crippen molar-refractivity contribution >= 4 is 10.0 Å². The lowest BCUT2D eigenvalue weighted by molar-refractivity contribution is 0.435. The molecule has 0 bridgehead atoms. The van der Waals surface area contributed by atoms with Crippen molar-refractivity contribution in [2.75, 3.05) is 13.1 Å². The fourth-order valence-electron chi connectivity index (χ4n) is 2.14. The van der Waals surface area contributed by atoms with E-state index < -0.39 is 10.0 Å². The quantitative estimate of drug-likeness (QED) is 0.696. The molecule has 0 unspecified atom stereocenters. The molecule has 118 valence electrons. The zero-order valence-corrected chi connectivity index (χ0v) is 13.5. The van der Waals surface area contributed by atoms with E-state index >= 15 is 0 Å². The highest BCUT2D eigenvalue weighted by molar-refractivity contribution is 7.89. The largest absolute Gasteiger partial charge is 0.313 e. The summed E-state index contributed by atoms with van der Waals surface area (Å²) in [5.41, 5.74) is 0. The molecule has 0 radical (unpaired) electrons. The smallest absolute Gasteiger partial charge is 0.246 e. The molecule has 2 rings (SSSR count). The van der Waals surface area contributed by atoms with E-state index in [2.05, 4.69) is 30.8 Å². The SMILES string of the molecule is C=CCN(C1CC1)S(=O)(=O)c1cnn(CCNC(C)C)c1. The van der Waals surface area contributed by atoms with E-state index in [1.165, 1.54) is 10.5 Å². The van der Waals surface area contributed by atoms with Gasteiger partial charge in [-0.2, -0.15) is 9.40 Å². The Morgan fingerprint density at radius 2 is 2.29 bits per heavy atom. The van der Waals surface area contributed by atoms with Crippen LogP contribution < -0.4 is 5.32 Å². The minimum atomic E-state index is -3.46. The highest BCUT2D eigenvalue weighted by Gasteiger charge is 2.37. The third kappa shape index (κ3) is 4.15. The molecule has 7 heteroatoms. The van der Waals surface area contributed by atoms with E-state index in [1.54, 1.807) is 17.0 Å². The molecule has 0 aliphatic heterocycles. The number of hydrogen-bond acceptors (Lipinski definition) is 4. The van der Waals surface area contributed by atoms with Gasteiger partial charge in [0.25, 0.3) is 0 Å². The maximum atomic E-state index is 12.6. The summed E-state index contributed by atoms with van der Waals surface area (Å²) < 4.78 is 28.4. The summed E-state index contributed by atoms with van der Waals surface area (Å²) in [5, 5.41) is 7.43. The van der Waals surface area contributed by atoms with Crippen LogP contribution in [0.4, 0.5) is 0 Å². The molecule has 1 aromatic rings. The van der Waals surface area contributed by atoms with Crippen molar-refractivity contribution in [3.63, 3.8) is 0 Å². The molecule has 1 heterocycles. The number of nitrogens with zero attached hydrogens (tertiary/aromatic N) is 3. The number of rotatable bonds is 9. The molecule has 0 spiro atoms. The van der Waals surface area contributed by atoms with E-state index in [4.69, 9.17) is 0 Å². The van der Waals surface area contributed by atoms with Crippen LogP contribution in [0.5, 0.6) is 0 Å². The summed E-state index contributed by atoms with van der Waals surface area (Å²) in [7, 11) is -3.46. The van der Waals surface area contributed by atoms with E-state index in [0.29, 0.717) is 19.1 Å². The zero-order chi connectivity index (χ0) is 15.5. The van der Waals surface area contributed by atoms with Gasteiger partial charge in [-0.15, -0.1) is 6.58 Å². The van der Waals surface area contributed by atoms with E-state index in [9.17, 15) is 8.42 Å². The average molecular weight is 312 g/mol. The summed E-state index contributed by atoms with van der Waals surface area (Å²) in [6, 6.07) is 0.528. The Hall–Kier alpha value is -1.18. The Morgan fingerprint density at radius 1 is 1.57 bits per heavy atom. The van der Waals surface area contributed by atoms with Gasteiger partial charge >= 0.3 is 0 Å². The molecule has 1 aliphatic rings. The Kier molecular flexibility index (Phi) is 5.18. The van der Waals surface area contributed by atoms with Gasteiger partial charge in [-0.25, -0.2) is 8.42 Å². The summed E-state index contributed by atoms with van der Waals surface area (Å²) in [4.78, 5) is 0.265. The predicted octanol–water partition coefficient (Wildman–Crippen LogP) is 1.22. The van der Waals surface area contributed by atoms with Crippen molar-refractivity contribution in [3.05, 3.63) is 25.0 Å². The van der Waals surface area contributed by atoms with Crippen molar-refractivity contribution in [3.8, 4) is 0 Å². The standard InChI is InChI=1S/C14H24N4O2S/c1-4-8-18(13-5-6-13)21(19,20)14-10-16-17(11-14)9-7-15-12(2)3/h4,10-13,15H,1,5-9H2,2-3H3. The van der Waals surface area contributed by atoms with Crippen molar-refractivity contribution in [1.29, 1.82) is 0 Å². The minimum absolute atomic E-state index is 0.124. The van der Waals surface area contributed by atoms with Crippen LogP contribution >= 0.6 is 0 Å². The van der Waals surface area contributed by atoms with Crippen molar-refractivity contribution in [1.82, 2.24) is 19.4 Å². The highest BCUT2D eigenvalue weighted by Crippen LogP contribution is 2.31. The van der Waals surface area contributed by atoms with Crippen molar-refractivity contribution in [2.24, 2.45) is 0 Å². The maximum absolute atomic E-state index is 12.6. The molecule has 0 atom stereocenters. The minimum Gasteiger partial charge on any atom is -0.313 e. The zero-order valence-electron chi connectivity index (χ0n) is 12.7. The number of hydrogen-bond donors (Lipinski definition) is 1. The lowest BCUT2D eigenvalue weighted by atomic mass is 10.4. The summed E-state index contributed by atoms with van der Waals surface area (Å²) >= 11 is 0. The number of nitrogens with one attached hydrogen (secondary N) is 1. The van der Waals surface area contributed by atoms with Crippen LogP contribution in [0.15, 0.2) is 29.9 Å². The summed E-state index contributed by atoms with van der Waals surface area (Å²) in [6.45, 7) is 9.55. The first-order chi connectivity index (χ1) is 9.95. The second kappa shape index (κ2) is 6.72. The van der Waals surface area contributed by atoms with Crippen LogP contribution in [0.25, 0.3) is 0 Å². The Balaban J connectivity index is 2.06. The lowest BCUT2D eigenvalue weighted by Crippen LogP contribution is -2.33. The van der Waals surface area contributed by atoms with Gasteiger partial charge < -0.3 is 5.32 Å². The van der Waals surface area contributed by atoms with Gasteiger partial charge in [0, 0.05) is 31.4 Å². The number of sulfonamides is 1. The third-order valence-electron chi connectivity index (χ3n) is 3.37. The molecule has 1 aliphatic carbocycles. The van der Waals surface area contributed by atoms with Crippen LogP contribution in [0, 0.1) is 0 Å². The fraction of sp³-hybridized carbons (Fsp3) is 0.643. The van der Waals surface area contributed by atoms with Gasteiger partial charge in [0.1, 0.15) is 4.90 Å². The van der Waals surface area contributed by atoms with Crippen LogP contribution in [0.2, 0.25) is 0 Å². The van der Waals surface area contributed by atoms with Gasteiger partial charge in [-0.1, -0.05) is 19.9 Å². The normalized spacial score (nSPS) is 15.8. The number of aromatic nitrogens is 2. The molecule has 6 nitrogen and oxygen atoms in total. The van der Waals surface area contributed by atoms with Gasteiger partial charge in [-0.05, 0) is 12.8 Å². The average Bonchev–Trinajstić information content (AvgIpc) is 3.13. The molecule has 1 saturated carbocycles. The van der Waals surface area contributed by atoms with Gasteiger partial charge in [0.05, 0.1) is 12.7 Å². The van der Waals surface area contributed by atoms with Crippen LogP contribution in [0.1, 0.15) is 26.7 Å². The first-order valence-electron chi connectivity index (χ1n) is 7.33. The van der Waals surface area contributed by atoms with Crippen molar-refractivity contribution in [2.45, 2.75) is 50.2 Å². The first-order valence-corrected chi connectivity index (χ1v) is 8.77. The molecule has 0 aromatic carbocycles. The molecule has 0 amide bonds. The van der Waals surface area contributed by atoms with E-state index in [-0.39, 0.29) is 10.9 Å². The second-order valence-corrected chi connectivity index (χ2v) is 7.53. The molecule has 1 N–H and O–H groups in total. The maximum Gasteiger partial charge on any atom is 0.246 e. The summed E-state index contributed by atoms with van der Waals surface area (Å²) in [5.74, 6) is 0. The first kappa shape index (κ1) is 16.2. The predicted molar refractivity (Wildman–Crippen MR) is 82.5 cm³/mol. The Morgan fingerprint density at radius 3 is 2.86 bits per heavy atom. The van der Waals surface area contributed by atoms with Gasteiger partial charge in [-0.3, -0.25) is 4.68 Å².